The lowest BCUT2D eigenvalue weighted by Crippen LogP contribution is -1.96. The van der Waals surface area contributed by atoms with Gasteiger partial charge in [-0.1, -0.05) is 0 Å². The van der Waals surface area contributed by atoms with Crippen LogP contribution in [0.3, 0.4) is 0 Å². The molecule has 0 fully saturated rings. The van der Waals surface area contributed by atoms with Crippen LogP contribution >= 0.6 is 0 Å². The molecule has 1 aliphatic rings. The summed E-state index contributed by atoms with van der Waals surface area (Å²) in [7, 11) is 3.08. The van der Waals surface area contributed by atoms with Crippen LogP contribution in [0.1, 0.15) is 21.5 Å². The average molecular weight is 283 g/mol. The molecule has 1 aliphatic heterocycles. The van der Waals surface area contributed by atoms with Gasteiger partial charge in [-0.2, -0.15) is 0 Å². The summed E-state index contributed by atoms with van der Waals surface area (Å²) in [6.07, 6.45) is 5.15. The molecule has 0 bridgehead atoms. The molecule has 106 valence electrons. The standard InChI is InChI=1S/C16H13NO4/c1-19-14-8-11-12(9-15(14)20-2)16(18)21-13(11)7-10-3-5-17-6-4-10/h3-9H,1-2H3. The largest absolute Gasteiger partial charge is 0.493 e. The highest BCUT2D eigenvalue weighted by atomic mass is 16.5. The highest BCUT2D eigenvalue weighted by molar-refractivity contribution is 6.06. The third kappa shape index (κ3) is 2.33. The number of ether oxygens (including phenoxy) is 3. The van der Waals surface area contributed by atoms with Gasteiger partial charge in [0.1, 0.15) is 5.76 Å². The Labute approximate surface area is 121 Å². The van der Waals surface area contributed by atoms with Crippen molar-refractivity contribution < 1.29 is 19.0 Å². The van der Waals surface area contributed by atoms with E-state index in [0.29, 0.717) is 28.4 Å². The molecule has 0 spiro atoms. The lowest BCUT2D eigenvalue weighted by Gasteiger charge is -2.08. The number of hydrogen-bond donors (Lipinski definition) is 0. The third-order valence-electron chi connectivity index (χ3n) is 3.22. The Bertz CT molecular complexity index is 723. The number of nitrogens with zero attached hydrogens (tertiary/aromatic N) is 1. The molecule has 0 radical (unpaired) electrons. The predicted octanol–water partition coefficient (Wildman–Crippen LogP) is 2.77. The van der Waals surface area contributed by atoms with Gasteiger partial charge in [0, 0.05) is 18.0 Å². The number of fused-ring (bicyclic) bond motifs is 1. The first-order chi connectivity index (χ1) is 10.2. The third-order valence-corrected chi connectivity index (χ3v) is 3.22. The van der Waals surface area contributed by atoms with Gasteiger partial charge >= 0.3 is 5.97 Å². The van der Waals surface area contributed by atoms with E-state index >= 15 is 0 Å². The Balaban J connectivity index is 2.11. The van der Waals surface area contributed by atoms with Crippen molar-refractivity contribution in [2.24, 2.45) is 0 Å². The molecule has 21 heavy (non-hydrogen) atoms. The monoisotopic (exact) mass is 283 g/mol. The van der Waals surface area contributed by atoms with Gasteiger partial charge in [0.05, 0.1) is 19.8 Å². The normalized spacial score (nSPS) is 14.8. The van der Waals surface area contributed by atoms with Crippen LogP contribution in [0.5, 0.6) is 11.5 Å². The molecule has 0 N–H and O–H groups in total. The van der Waals surface area contributed by atoms with Crippen molar-refractivity contribution in [1.29, 1.82) is 0 Å². The molecule has 2 heterocycles. The summed E-state index contributed by atoms with van der Waals surface area (Å²) < 4.78 is 15.8. The molecule has 3 rings (SSSR count). The second kappa shape index (κ2) is 5.28. The number of hydrogen-bond acceptors (Lipinski definition) is 5. The first-order valence-electron chi connectivity index (χ1n) is 6.33. The van der Waals surface area contributed by atoms with E-state index in [9.17, 15) is 4.79 Å². The van der Waals surface area contributed by atoms with E-state index in [-0.39, 0.29) is 0 Å². The molecule has 0 saturated carbocycles. The molecule has 0 aliphatic carbocycles. The van der Waals surface area contributed by atoms with E-state index in [4.69, 9.17) is 14.2 Å². The summed E-state index contributed by atoms with van der Waals surface area (Å²) in [5, 5.41) is 0. The lowest BCUT2D eigenvalue weighted by atomic mass is 10.1. The number of aromatic nitrogens is 1. The molecule has 0 unspecified atom stereocenters. The van der Waals surface area contributed by atoms with Crippen LogP contribution in [0, 0.1) is 0 Å². The first kappa shape index (κ1) is 13.2. The Kier molecular flexibility index (Phi) is 3.31. The van der Waals surface area contributed by atoms with Crippen molar-refractivity contribution in [3.63, 3.8) is 0 Å². The second-order valence-electron chi connectivity index (χ2n) is 4.43. The summed E-state index contributed by atoms with van der Waals surface area (Å²) in [5.41, 5.74) is 2.05. The molecule has 0 amide bonds. The summed E-state index contributed by atoms with van der Waals surface area (Å²) in [5.74, 6) is 1.14. The Morgan fingerprint density at radius 2 is 1.67 bits per heavy atom. The number of rotatable bonds is 3. The van der Waals surface area contributed by atoms with Gasteiger partial charge in [-0.3, -0.25) is 4.98 Å². The topological polar surface area (TPSA) is 57.6 Å². The van der Waals surface area contributed by atoms with Crippen LogP contribution in [0.15, 0.2) is 36.7 Å². The van der Waals surface area contributed by atoms with E-state index in [1.54, 1.807) is 37.7 Å². The Morgan fingerprint density at radius 3 is 2.29 bits per heavy atom. The van der Waals surface area contributed by atoms with E-state index < -0.39 is 5.97 Å². The van der Waals surface area contributed by atoms with Crippen molar-refractivity contribution in [1.82, 2.24) is 4.98 Å². The van der Waals surface area contributed by atoms with E-state index in [0.717, 1.165) is 5.56 Å². The van der Waals surface area contributed by atoms with Gasteiger partial charge in [-0.25, -0.2) is 4.79 Å². The van der Waals surface area contributed by atoms with Gasteiger partial charge in [0.2, 0.25) is 0 Å². The lowest BCUT2D eigenvalue weighted by molar-refractivity contribution is 0.0717. The number of methoxy groups -OCH3 is 2. The zero-order valence-electron chi connectivity index (χ0n) is 11.6. The zero-order valence-corrected chi connectivity index (χ0v) is 11.6. The maximum Gasteiger partial charge on any atom is 0.344 e. The van der Waals surface area contributed by atoms with Crippen molar-refractivity contribution >= 4 is 17.8 Å². The van der Waals surface area contributed by atoms with Crippen molar-refractivity contribution in [3.8, 4) is 11.5 Å². The number of carbonyl (C=O) groups excluding carboxylic acids is 1. The number of esters is 1. The Morgan fingerprint density at radius 1 is 1.05 bits per heavy atom. The summed E-state index contributed by atoms with van der Waals surface area (Å²) in [4.78, 5) is 15.9. The molecule has 0 saturated heterocycles. The molecular formula is C16H13NO4. The van der Waals surface area contributed by atoms with Gasteiger partial charge in [-0.05, 0) is 35.9 Å². The number of cyclic esters (lactones) is 1. The molecule has 5 nitrogen and oxygen atoms in total. The minimum atomic E-state index is -0.397. The average Bonchev–Trinajstić information content (AvgIpc) is 2.82. The molecular weight excluding hydrogens is 270 g/mol. The zero-order chi connectivity index (χ0) is 14.8. The molecule has 5 heteroatoms. The minimum Gasteiger partial charge on any atom is -0.493 e. The molecule has 1 aromatic heterocycles. The number of pyridine rings is 1. The van der Waals surface area contributed by atoms with E-state index in [1.165, 1.54) is 7.11 Å². The van der Waals surface area contributed by atoms with E-state index in [1.807, 2.05) is 12.1 Å². The second-order valence-corrected chi connectivity index (χ2v) is 4.43. The predicted molar refractivity (Wildman–Crippen MR) is 77.1 cm³/mol. The highest BCUT2D eigenvalue weighted by Crippen LogP contribution is 2.39. The van der Waals surface area contributed by atoms with Crippen LogP contribution in [-0.2, 0) is 4.74 Å². The van der Waals surface area contributed by atoms with Crippen LogP contribution in [0.2, 0.25) is 0 Å². The minimum absolute atomic E-state index is 0.397. The summed E-state index contributed by atoms with van der Waals surface area (Å²) in [6.45, 7) is 0. The van der Waals surface area contributed by atoms with Gasteiger partial charge < -0.3 is 14.2 Å². The maximum atomic E-state index is 12.0. The quantitative estimate of drug-likeness (QED) is 0.811. The van der Waals surface area contributed by atoms with Gasteiger partial charge in [0.25, 0.3) is 0 Å². The van der Waals surface area contributed by atoms with Gasteiger partial charge in [-0.15, -0.1) is 0 Å². The summed E-state index contributed by atoms with van der Waals surface area (Å²) >= 11 is 0. The van der Waals surface area contributed by atoms with Crippen molar-refractivity contribution in [3.05, 3.63) is 53.3 Å². The smallest absolute Gasteiger partial charge is 0.344 e. The molecule has 2 aromatic rings. The van der Waals surface area contributed by atoms with Crippen molar-refractivity contribution in [2.75, 3.05) is 14.2 Å². The number of benzene rings is 1. The highest BCUT2D eigenvalue weighted by Gasteiger charge is 2.28. The fourth-order valence-corrected chi connectivity index (χ4v) is 2.18. The molecule has 1 aromatic carbocycles. The van der Waals surface area contributed by atoms with E-state index in [2.05, 4.69) is 4.98 Å². The summed E-state index contributed by atoms with van der Waals surface area (Å²) in [6, 6.07) is 7.04. The van der Waals surface area contributed by atoms with Crippen molar-refractivity contribution in [2.45, 2.75) is 0 Å². The van der Waals surface area contributed by atoms with Gasteiger partial charge in [0.15, 0.2) is 11.5 Å². The Hall–Kier alpha value is -2.82. The first-order valence-corrected chi connectivity index (χ1v) is 6.33. The van der Waals surface area contributed by atoms with Crippen LogP contribution in [-0.4, -0.2) is 25.2 Å². The SMILES string of the molecule is COc1cc2c(cc1OC)C(=Cc1ccncc1)OC2=O. The maximum absolute atomic E-state index is 12.0. The number of carbonyl (C=O) groups is 1. The van der Waals surface area contributed by atoms with Crippen LogP contribution in [0.4, 0.5) is 0 Å². The molecule has 0 atom stereocenters. The fraction of sp³-hybridized carbons (Fsp3) is 0.125. The van der Waals surface area contributed by atoms with Crippen LogP contribution < -0.4 is 9.47 Å². The fourth-order valence-electron chi connectivity index (χ4n) is 2.18. The van der Waals surface area contributed by atoms with Crippen LogP contribution in [0.25, 0.3) is 11.8 Å².